The summed E-state index contributed by atoms with van der Waals surface area (Å²) in [7, 11) is -3.74. The second kappa shape index (κ2) is 6.85. The maximum atomic E-state index is 12.3. The zero-order valence-corrected chi connectivity index (χ0v) is 13.7. The van der Waals surface area contributed by atoms with Crippen LogP contribution in [-0.2, 0) is 14.8 Å². The van der Waals surface area contributed by atoms with Gasteiger partial charge in [-0.1, -0.05) is 29.8 Å². The van der Waals surface area contributed by atoms with Gasteiger partial charge in [0.1, 0.15) is 0 Å². The maximum Gasteiger partial charge on any atom is 0.328 e. The summed E-state index contributed by atoms with van der Waals surface area (Å²) in [6.07, 6.45) is 2.36. The molecule has 0 amide bonds. The Hall–Kier alpha value is -2.31. The Morgan fingerprint density at radius 1 is 1.17 bits per heavy atom. The number of aryl methyl sites for hydroxylation is 1. The number of benzene rings is 2. The summed E-state index contributed by atoms with van der Waals surface area (Å²) in [6, 6.07) is 10.7. The van der Waals surface area contributed by atoms with Crippen LogP contribution >= 0.6 is 11.6 Å². The van der Waals surface area contributed by atoms with Crippen molar-refractivity contribution in [2.24, 2.45) is 0 Å². The molecule has 23 heavy (non-hydrogen) atoms. The fraction of sp³-hybridized carbons (Fsp3) is 0.0625. The first kappa shape index (κ1) is 17.1. The molecule has 2 aromatic carbocycles. The van der Waals surface area contributed by atoms with E-state index in [4.69, 9.17) is 16.7 Å². The Kier molecular flexibility index (Phi) is 5.08. The first-order valence-corrected chi connectivity index (χ1v) is 8.44. The smallest absolute Gasteiger partial charge is 0.328 e. The predicted octanol–water partition coefficient (Wildman–Crippen LogP) is 3.55. The summed E-state index contributed by atoms with van der Waals surface area (Å²) < 4.78 is 27.1. The lowest BCUT2D eigenvalue weighted by Crippen LogP contribution is -2.12. The molecule has 0 radical (unpaired) electrons. The number of sulfonamides is 1. The highest BCUT2D eigenvalue weighted by Crippen LogP contribution is 2.22. The Balaban J connectivity index is 2.22. The molecule has 0 heterocycles. The van der Waals surface area contributed by atoms with Gasteiger partial charge in [-0.15, -0.1) is 0 Å². The molecule has 0 atom stereocenters. The van der Waals surface area contributed by atoms with E-state index in [9.17, 15) is 13.2 Å². The molecule has 5 nitrogen and oxygen atoms in total. The molecule has 0 aromatic heterocycles. The van der Waals surface area contributed by atoms with Crippen LogP contribution in [0.2, 0.25) is 5.02 Å². The summed E-state index contributed by atoms with van der Waals surface area (Å²) >= 11 is 5.98. The lowest BCUT2D eigenvalue weighted by atomic mass is 10.2. The first-order chi connectivity index (χ1) is 10.8. The molecule has 0 saturated carbocycles. The van der Waals surface area contributed by atoms with Crippen molar-refractivity contribution in [2.75, 3.05) is 4.72 Å². The predicted molar refractivity (Wildman–Crippen MR) is 90.1 cm³/mol. The number of carboxylic acids is 1. The van der Waals surface area contributed by atoms with Gasteiger partial charge in [0.05, 0.1) is 10.6 Å². The van der Waals surface area contributed by atoms with Gasteiger partial charge in [0.15, 0.2) is 0 Å². The number of nitrogens with one attached hydrogen (secondary N) is 1. The SMILES string of the molecule is Cc1ccc(NS(=O)(=O)c2ccc(C=CC(=O)O)cc2)cc1Cl. The van der Waals surface area contributed by atoms with Gasteiger partial charge < -0.3 is 5.11 Å². The number of carboxylic acid groups (broad SMARTS) is 1. The largest absolute Gasteiger partial charge is 0.478 e. The van der Waals surface area contributed by atoms with Gasteiger partial charge in [0.2, 0.25) is 0 Å². The summed E-state index contributed by atoms with van der Waals surface area (Å²) in [5.41, 5.74) is 1.81. The summed E-state index contributed by atoms with van der Waals surface area (Å²) in [5, 5.41) is 9.03. The van der Waals surface area contributed by atoms with E-state index in [1.165, 1.54) is 30.3 Å². The molecule has 0 aliphatic heterocycles. The number of rotatable bonds is 5. The second-order valence-corrected chi connectivity index (χ2v) is 6.90. The highest BCUT2D eigenvalue weighted by molar-refractivity contribution is 7.92. The van der Waals surface area contributed by atoms with Crippen LogP contribution in [-0.4, -0.2) is 19.5 Å². The number of anilines is 1. The molecular weight excluding hydrogens is 338 g/mol. The van der Waals surface area contributed by atoms with Crippen molar-refractivity contribution >= 4 is 39.4 Å². The van der Waals surface area contributed by atoms with Gasteiger partial charge in [-0.2, -0.15) is 0 Å². The topological polar surface area (TPSA) is 83.5 Å². The minimum absolute atomic E-state index is 0.0710. The maximum absolute atomic E-state index is 12.3. The van der Waals surface area contributed by atoms with E-state index >= 15 is 0 Å². The molecular formula is C16H14ClNO4S. The third kappa shape index (κ3) is 4.58. The van der Waals surface area contributed by atoms with Crippen LogP contribution in [0.5, 0.6) is 0 Å². The van der Waals surface area contributed by atoms with E-state index in [-0.39, 0.29) is 4.90 Å². The van der Waals surface area contributed by atoms with E-state index in [1.54, 1.807) is 18.2 Å². The molecule has 0 fully saturated rings. The molecule has 0 unspecified atom stereocenters. The zero-order chi connectivity index (χ0) is 17.0. The lowest BCUT2D eigenvalue weighted by Gasteiger charge is -2.09. The van der Waals surface area contributed by atoms with Crippen LogP contribution in [0.1, 0.15) is 11.1 Å². The van der Waals surface area contributed by atoms with Gasteiger partial charge in [0, 0.05) is 11.1 Å². The fourth-order valence-electron chi connectivity index (χ4n) is 1.80. The second-order valence-electron chi connectivity index (χ2n) is 4.81. The molecule has 120 valence electrons. The van der Waals surface area contributed by atoms with Crippen molar-refractivity contribution in [3.8, 4) is 0 Å². The molecule has 2 aromatic rings. The standard InChI is InChI=1S/C16H14ClNO4S/c1-11-2-6-13(10-15(11)17)18-23(21,22)14-7-3-12(4-8-14)5-9-16(19)20/h2-10,18H,1H3,(H,19,20). The van der Waals surface area contributed by atoms with E-state index < -0.39 is 16.0 Å². The zero-order valence-electron chi connectivity index (χ0n) is 12.2. The highest BCUT2D eigenvalue weighted by Gasteiger charge is 2.14. The van der Waals surface area contributed by atoms with Gasteiger partial charge in [-0.05, 0) is 48.4 Å². The van der Waals surface area contributed by atoms with Crippen molar-refractivity contribution in [1.82, 2.24) is 0 Å². The molecule has 2 N–H and O–H groups in total. The van der Waals surface area contributed by atoms with Gasteiger partial charge in [-0.3, -0.25) is 4.72 Å². The van der Waals surface area contributed by atoms with Crippen molar-refractivity contribution in [2.45, 2.75) is 11.8 Å². The van der Waals surface area contributed by atoms with Crippen molar-refractivity contribution < 1.29 is 18.3 Å². The van der Waals surface area contributed by atoms with Crippen molar-refractivity contribution in [3.63, 3.8) is 0 Å². The third-order valence-electron chi connectivity index (χ3n) is 3.03. The molecule has 0 aliphatic rings. The average molecular weight is 352 g/mol. The molecule has 2 rings (SSSR count). The van der Waals surface area contributed by atoms with Crippen LogP contribution in [0.25, 0.3) is 6.08 Å². The quantitative estimate of drug-likeness (QED) is 0.807. The Labute approximate surface area is 139 Å². The first-order valence-electron chi connectivity index (χ1n) is 6.58. The van der Waals surface area contributed by atoms with Gasteiger partial charge in [0.25, 0.3) is 10.0 Å². The van der Waals surface area contributed by atoms with Gasteiger partial charge in [-0.25, -0.2) is 13.2 Å². The van der Waals surface area contributed by atoms with Crippen LogP contribution in [0, 0.1) is 6.92 Å². The van der Waals surface area contributed by atoms with E-state index in [2.05, 4.69) is 4.72 Å². The number of hydrogen-bond acceptors (Lipinski definition) is 3. The summed E-state index contributed by atoms with van der Waals surface area (Å²) in [4.78, 5) is 10.5. The molecule has 0 spiro atoms. The van der Waals surface area contributed by atoms with Crippen molar-refractivity contribution in [1.29, 1.82) is 0 Å². The van der Waals surface area contributed by atoms with E-state index in [0.29, 0.717) is 16.3 Å². The minimum atomic E-state index is -3.74. The minimum Gasteiger partial charge on any atom is -0.478 e. The van der Waals surface area contributed by atoms with Crippen LogP contribution in [0.4, 0.5) is 5.69 Å². The summed E-state index contributed by atoms with van der Waals surface area (Å²) in [6.45, 7) is 1.82. The van der Waals surface area contributed by atoms with Crippen LogP contribution in [0.3, 0.4) is 0 Å². The van der Waals surface area contributed by atoms with E-state index in [1.807, 2.05) is 6.92 Å². The molecule has 0 aliphatic carbocycles. The van der Waals surface area contributed by atoms with E-state index in [0.717, 1.165) is 11.6 Å². The molecule has 0 bridgehead atoms. The fourth-order valence-corrected chi connectivity index (χ4v) is 3.03. The number of halogens is 1. The third-order valence-corrected chi connectivity index (χ3v) is 4.84. The highest BCUT2D eigenvalue weighted by atomic mass is 35.5. The molecule has 7 heteroatoms. The number of hydrogen-bond donors (Lipinski definition) is 2. The normalized spacial score (nSPS) is 11.6. The number of aliphatic carboxylic acids is 1. The summed E-state index contributed by atoms with van der Waals surface area (Å²) in [5.74, 6) is -1.07. The monoisotopic (exact) mass is 351 g/mol. The molecule has 0 saturated heterocycles. The Morgan fingerprint density at radius 2 is 1.83 bits per heavy atom. The lowest BCUT2D eigenvalue weighted by molar-refractivity contribution is -0.131. The average Bonchev–Trinajstić information content (AvgIpc) is 2.49. The Morgan fingerprint density at radius 3 is 2.39 bits per heavy atom. The Bertz CT molecular complexity index is 858. The van der Waals surface area contributed by atoms with Crippen LogP contribution < -0.4 is 4.72 Å². The van der Waals surface area contributed by atoms with Crippen molar-refractivity contribution in [3.05, 3.63) is 64.7 Å². The van der Waals surface area contributed by atoms with Gasteiger partial charge >= 0.3 is 5.97 Å². The van der Waals surface area contributed by atoms with Crippen LogP contribution in [0.15, 0.2) is 53.4 Å². The number of carbonyl (C=O) groups is 1.